The van der Waals surface area contributed by atoms with Gasteiger partial charge in [0, 0.05) is 16.5 Å². The van der Waals surface area contributed by atoms with Crippen LogP contribution in [0.4, 0.5) is 5.00 Å². The maximum atomic E-state index is 13.8. The standard InChI is InChI=1S/C22H26N2O5S2/c1-12(2)8-9-22(3)15-7-5-4-6-14(15)17(26)16(19(22)27)20-23-21-18(31(28,29)24-20)13(10-25)11-30-21/h4-7,11-12,25-26,28-29H,8-10H2,1-3H3,(H,23,24)/t22-/m1/s1. The van der Waals surface area contributed by atoms with Crippen molar-refractivity contribution in [3.05, 3.63) is 51.9 Å². The van der Waals surface area contributed by atoms with Crippen LogP contribution < -0.4 is 5.32 Å². The van der Waals surface area contributed by atoms with Crippen LogP contribution in [0.15, 0.2) is 44.5 Å². The van der Waals surface area contributed by atoms with Crippen LogP contribution in [0.1, 0.15) is 50.3 Å². The highest BCUT2D eigenvalue weighted by Crippen LogP contribution is 2.59. The van der Waals surface area contributed by atoms with Crippen LogP contribution in [0.5, 0.6) is 0 Å². The largest absolute Gasteiger partial charge is 0.506 e. The van der Waals surface area contributed by atoms with Gasteiger partial charge in [-0.25, -0.2) is 0 Å². The van der Waals surface area contributed by atoms with E-state index in [-0.39, 0.29) is 34.5 Å². The van der Waals surface area contributed by atoms with Crippen molar-refractivity contribution in [2.75, 3.05) is 5.32 Å². The Bertz CT molecular complexity index is 1120. The maximum absolute atomic E-state index is 13.8. The summed E-state index contributed by atoms with van der Waals surface area (Å²) in [5.41, 5.74) is 0.730. The number of aliphatic hydroxyl groups is 2. The quantitative estimate of drug-likeness (QED) is 0.409. The summed E-state index contributed by atoms with van der Waals surface area (Å²) in [5, 5.41) is 25.6. The van der Waals surface area contributed by atoms with E-state index >= 15 is 0 Å². The first-order valence-electron chi connectivity index (χ1n) is 10.0. The number of carbonyl (C=O) groups is 1. The number of hydrogen-bond donors (Lipinski definition) is 5. The average molecular weight is 463 g/mol. The Labute approximate surface area is 186 Å². The molecule has 0 unspecified atom stereocenters. The van der Waals surface area contributed by atoms with Crippen LogP contribution in [-0.4, -0.2) is 30.9 Å². The lowest BCUT2D eigenvalue weighted by Gasteiger charge is -2.38. The van der Waals surface area contributed by atoms with Crippen molar-refractivity contribution in [3.8, 4) is 0 Å². The molecule has 0 radical (unpaired) electrons. The third-order valence-corrected chi connectivity index (χ3v) is 8.44. The van der Waals surface area contributed by atoms with Crippen LogP contribution in [0, 0.1) is 5.92 Å². The topological polar surface area (TPSA) is 122 Å². The maximum Gasteiger partial charge on any atom is 0.180 e. The second kappa shape index (κ2) is 7.75. The zero-order valence-electron chi connectivity index (χ0n) is 17.5. The molecule has 0 spiro atoms. The summed E-state index contributed by atoms with van der Waals surface area (Å²) in [4.78, 5) is 13.9. The molecule has 1 aliphatic carbocycles. The molecule has 2 aromatic rings. The molecule has 0 fully saturated rings. The van der Waals surface area contributed by atoms with Gasteiger partial charge in [0.05, 0.1) is 12.0 Å². The van der Waals surface area contributed by atoms with Gasteiger partial charge in [-0.05, 0) is 31.2 Å². The minimum atomic E-state index is -3.65. The predicted octanol–water partition coefficient (Wildman–Crippen LogP) is 5.33. The molecule has 166 valence electrons. The van der Waals surface area contributed by atoms with Crippen LogP contribution in [-0.2, 0) is 16.8 Å². The fraction of sp³-hybridized carbons (Fsp3) is 0.364. The normalized spacial score (nSPS) is 23.2. The number of hydrogen-bond acceptors (Lipinski definition) is 8. The first-order chi connectivity index (χ1) is 14.6. The van der Waals surface area contributed by atoms with E-state index in [4.69, 9.17) is 0 Å². The molecule has 9 heteroatoms. The van der Waals surface area contributed by atoms with Crippen molar-refractivity contribution < 1.29 is 24.1 Å². The van der Waals surface area contributed by atoms with Crippen molar-refractivity contribution in [1.29, 1.82) is 0 Å². The first kappa shape index (κ1) is 22.0. The van der Waals surface area contributed by atoms with Crippen molar-refractivity contribution in [3.63, 3.8) is 0 Å². The molecule has 4 rings (SSSR count). The molecule has 5 N–H and O–H groups in total. The molecule has 2 aliphatic rings. The third kappa shape index (κ3) is 3.50. The van der Waals surface area contributed by atoms with E-state index < -0.39 is 16.2 Å². The van der Waals surface area contributed by atoms with Gasteiger partial charge in [-0.1, -0.05) is 48.9 Å². The average Bonchev–Trinajstić information content (AvgIpc) is 3.15. The number of fused-ring (bicyclic) bond motifs is 2. The number of Topliss-reactive ketones (excluding diaryl/α,β-unsaturated/α-hetero) is 1. The molecular formula is C22H26N2O5S2. The Hall–Kier alpha value is -2.17. The lowest BCUT2D eigenvalue weighted by Crippen LogP contribution is -2.42. The van der Waals surface area contributed by atoms with Crippen molar-refractivity contribution in [2.24, 2.45) is 10.3 Å². The molecule has 31 heavy (non-hydrogen) atoms. The minimum absolute atomic E-state index is 0.0467. The SMILES string of the molecule is CC(C)CC[C@@]1(C)C(=O)C(C2=NS(O)(O)c3c(CO)csc3N2)=C(O)c2ccccc21. The Morgan fingerprint density at radius 3 is 2.65 bits per heavy atom. The number of benzene rings is 1. The summed E-state index contributed by atoms with van der Waals surface area (Å²) in [6, 6.07) is 7.25. The van der Waals surface area contributed by atoms with E-state index in [2.05, 4.69) is 23.6 Å². The van der Waals surface area contributed by atoms with Crippen molar-refractivity contribution in [2.45, 2.75) is 50.5 Å². The zero-order chi connectivity index (χ0) is 22.6. The smallest absolute Gasteiger partial charge is 0.180 e. The highest BCUT2D eigenvalue weighted by atomic mass is 32.3. The highest BCUT2D eigenvalue weighted by Gasteiger charge is 2.46. The molecular weight excluding hydrogens is 436 g/mol. The fourth-order valence-corrected chi connectivity index (χ4v) is 6.80. The van der Waals surface area contributed by atoms with Crippen LogP contribution in [0.3, 0.4) is 0 Å². The summed E-state index contributed by atoms with van der Waals surface area (Å²) in [6.45, 7) is 5.69. The monoisotopic (exact) mass is 462 g/mol. The summed E-state index contributed by atoms with van der Waals surface area (Å²) in [6.07, 6.45) is 1.40. The predicted molar refractivity (Wildman–Crippen MR) is 125 cm³/mol. The molecule has 1 aromatic heterocycles. The van der Waals surface area contributed by atoms with Gasteiger partial charge in [-0.15, -0.1) is 15.7 Å². The highest BCUT2D eigenvalue weighted by molar-refractivity contribution is 8.23. The number of aliphatic hydroxyl groups excluding tert-OH is 2. The van der Waals surface area contributed by atoms with E-state index in [1.165, 1.54) is 11.3 Å². The van der Waals surface area contributed by atoms with E-state index in [0.29, 0.717) is 28.5 Å². The Morgan fingerprint density at radius 1 is 1.26 bits per heavy atom. The van der Waals surface area contributed by atoms with E-state index in [0.717, 1.165) is 12.0 Å². The number of amidine groups is 1. The summed E-state index contributed by atoms with van der Waals surface area (Å²) in [5.74, 6) is -0.214. The minimum Gasteiger partial charge on any atom is -0.506 e. The number of rotatable bonds is 5. The lowest BCUT2D eigenvalue weighted by molar-refractivity contribution is -0.120. The number of nitrogens with one attached hydrogen (secondary N) is 1. The molecule has 1 aromatic carbocycles. The second-order valence-corrected chi connectivity index (χ2v) is 11.0. The van der Waals surface area contributed by atoms with Gasteiger partial charge in [0.15, 0.2) is 11.6 Å². The molecule has 1 atom stereocenters. The lowest BCUT2D eigenvalue weighted by atomic mass is 9.66. The third-order valence-electron chi connectivity index (χ3n) is 5.91. The number of anilines is 1. The Balaban J connectivity index is 1.87. The number of thiophene rings is 1. The van der Waals surface area contributed by atoms with E-state index in [9.17, 15) is 24.1 Å². The number of nitrogens with zero attached hydrogens (tertiary/aromatic N) is 1. The molecule has 0 bridgehead atoms. The van der Waals surface area contributed by atoms with Gasteiger partial charge >= 0.3 is 0 Å². The van der Waals surface area contributed by atoms with Gasteiger partial charge in [-0.3, -0.25) is 13.9 Å². The number of ketones is 1. The zero-order valence-corrected chi connectivity index (χ0v) is 19.2. The first-order valence-corrected chi connectivity index (χ1v) is 12.4. The molecule has 2 heterocycles. The summed E-state index contributed by atoms with van der Waals surface area (Å²) in [7, 11) is -3.65. The summed E-state index contributed by atoms with van der Waals surface area (Å²) >= 11 is 1.18. The molecule has 0 saturated carbocycles. The molecule has 0 amide bonds. The van der Waals surface area contributed by atoms with E-state index in [1.807, 2.05) is 19.1 Å². The van der Waals surface area contributed by atoms with Gasteiger partial charge in [0.1, 0.15) is 21.2 Å². The van der Waals surface area contributed by atoms with Crippen LogP contribution in [0.2, 0.25) is 0 Å². The fourth-order valence-electron chi connectivity index (χ4n) is 4.15. The Kier molecular flexibility index (Phi) is 5.51. The van der Waals surface area contributed by atoms with Crippen molar-refractivity contribution in [1.82, 2.24) is 0 Å². The van der Waals surface area contributed by atoms with Gasteiger partial charge in [-0.2, -0.15) is 0 Å². The van der Waals surface area contributed by atoms with Crippen LogP contribution >= 0.6 is 22.1 Å². The molecule has 0 saturated heterocycles. The van der Waals surface area contributed by atoms with Crippen LogP contribution in [0.25, 0.3) is 5.76 Å². The Morgan fingerprint density at radius 2 is 1.97 bits per heavy atom. The summed E-state index contributed by atoms with van der Waals surface area (Å²) < 4.78 is 25.4. The van der Waals surface area contributed by atoms with Gasteiger partial charge in [0.2, 0.25) is 0 Å². The van der Waals surface area contributed by atoms with Crippen molar-refractivity contribution >= 4 is 44.5 Å². The van der Waals surface area contributed by atoms with Gasteiger partial charge in [0.25, 0.3) is 0 Å². The molecule has 7 nitrogen and oxygen atoms in total. The van der Waals surface area contributed by atoms with E-state index in [1.54, 1.807) is 17.5 Å². The number of carbonyl (C=O) groups excluding carboxylic acids is 1. The molecule has 1 aliphatic heterocycles. The second-order valence-electron chi connectivity index (χ2n) is 8.52. The van der Waals surface area contributed by atoms with Gasteiger partial charge < -0.3 is 15.5 Å².